The first-order valence-corrected chi connectivity index (χ1v) is 11.3. The zero-order chi connectivity index (χ0) is 21.7. The van der Waals surface area contributed by atoms with Gasteiger partial charge in [-0.3, -0.25) is 4.79 Å². The molecule has 0 radical (unpaired) electrons. The molecule has 7 nitrogen and oxygen atoms in total. The molecule has 2 aromatic carbocycles. The van der Waals surface area contributed by atoms with E-state index in [0.717, 1.165) is 23.5 Å². The Balaban J connectivity index is 1.62. The number of hydrogen-bond donors (Lipinski definition) is 1. The molecule has 0 atom stereocenters. The summed E-state index contributed by atoms with van der Waals surface area (Å²) in [7, 11) is 0. The van der Waals surface area contributed by atoms with Crippen LogP contribution in [0.3, 0.4) is 0 Å². The van der Waals surface area contributed by atoms with Crippen molar-refractivity contribution in [2.45, 2.75) is 6.92 Å². The van der Waals surface area contributed by atoms with E-state index < -0.39 is 11.9 Å². The Labute approximate surface area is 202 Å². The highest BCUT2D eigenvalue weighted by Gasteiger charge is 2.14. The Morgan fingerprint density at radius 1 is 1.23 bits per heavy atom. The number of carbonyl (C=O) groups is 2. The van der Waals surface area contributed by atoms with Gasteiger partial charge in [0.1, 0.15) is 11.3 Å². The van der Waals surface area contributed by atoms with Gasteiger partial charge in [0.2, 0.25) is 0 Å². The average Bonchev–Trinajstić information content (AvgIpc) is 3.12. The Kier molecular flexibility index (Phi) is 7.89. The lowest BCUT2D eigenvalue weighted by Crippen LogP contribution is -2.16. The summed E-state index contributed by atoms with van der Waals surface area (Å²) in [5.74, 6) is -0.178. The van der Waals surface area contributed by atoms with Crippen molar-refractivity contribution in [2.75, 3.05) is 13.2 Å². The number of benzene rings is 2. The number of hydrazone groups is 1. The Morgan fingerprint density at radius 3 is 2.77 bits per heavy atom. The molecule has 1 heterocycles. The summed E-state index contributed by atoms with van der Waals surface area (Å²) in [6, 6.07) is 10.6. The smallest absolute Gasteiger partial charge is 0.344 e. The van der Waals surface area contributed by atoms with E-state index >= 15 is 0 Å². The van der Waals surface area contributed by atoms with Gasteiger partial charge in [0, 0.05) is 9.86 Å². The third kappa shape index (κ3) is 5.82. The fraction of sp³-hybridized carbons (Fsp3) is 0.150. The number of esters is 1. The number of amides is 1. The molecule has 0 fully saturated rings. The number of hydrogen-bond acceptors (Lipinski definition) is 6. The highest BCUT2D eigenvalue weighted by atomic mass is 127. The molecule has 0 spiro atoms. The van der Waals surface area contributed by atoms with Gasteiger partial charge in [-0.05, 0) is 87.4 Å². The number of furan rings is 1. The van der Waals surface area contributed by atoms with Crippen LogP contribution in [0.4, 0.5) is 0 Å². The molecular formula is C20H15Br2IN2O5. The maximum atomic E-state index is 12.3. The van der Waals surface area contributed by atoms with Crippen LogP contribution in [0.15, 0.2) is 54.9 Å². The van der Waals surface area contributed by atoms with Crippen LogP contribution in [0.1, 0.15) is 23.0 Å². The molecule has 0 unspecified atom stereocenters. The van der Waals surface area contributed by atoms with Crippen LogP contribution in [0.2, 0.25) is 0 Å². The molecule has 0 saturated carbocycles. The van der Waals surface area contributed by atoms with Crippen LogP contribution in [0.25, 0.3) is 11.0 Å². The van der Waals surface area contributed by atoms with Gasteiger partial charge in [0.25, 0.3) is 0 Å². The first-order chi connectivity index (χ1) is 14.4. The van der Waals surface area contributed by atoms with Crippen molar-refractivity contribution in [1.82, 2.24) is 5.43 Å². The van der Waals surface area contributed by atoms with Crippen LogP contribution in [0, 0.1) is 3.57 Å². The van der Waals surface area contributed by atoms with E-state index in [1.165, 1.54) is 6.21 Å². The molecule has 0 aliphatic heterocycles. The van der Waals surface area contributed by atoms with Crippen molar-refractivity contribution in [3.63, 3.8) is 0 Å². The third-order valence-corrected chi connectivity index (χ3v) is 5.64. The van der Waals surface area contributed by atoms with Crippen LogP contribution < -0.4 is 10.2 Å². The van der Waals surface area contributed by atoms with Crippen molar-refractivity contribution < 1.29 is 23.5 Å². The largest absolute Gasteiger partial charge is 0.481 e. The van der Waals surface area contributed by atoms with E-state index in [-0.39, 0.29) is 12.4 Å². The van der Waals surface area contributed by atoms with Crippen LogP contribution >= 0.6 is 54.5 Å². The zero-order valence-electron chi connectivity index (χ0n) is 15.6. The molecule has 156 valence electrons. The van der Waals surface area contributed by atoms with Gasteiger partial charge in [0.05, 0.1) is 20.9 Å². The lowest BCUT2D eigenvalue weighted by Gasteiger charge is -2.08. The molecule has 10 heteroatoms. The number of rotatable bonds is 7. The molecule has 1 N–H and O–H groups in total. The SMILES string of the molecule is CCOC(=O)COc1ccc(/C=N\NC(=O)c2cc3cc(Br)cc(Br)c3o2)cc1I. The summed E-state index contributed by atoms with van der Waals surface area (Å²) >= 11 is 8.91. The van der Waals surface area contributed by atoms with E-state index in [9.17, 15) is 9.59 Å². The van der Waals surface area contributed by atoms with E-state index in [1.54, 1.807) is 25.1 Å². The first kappa shape index (κ1) is 22.8. The minimum absolute atomic E-state index is 0.151. The number of carbonyl (C=O) groups excluding carboxylic acids is 2. The molecule has 0 aliphatic rings. The Morgan fingerprint density at radius 2 is 2.03 bits per heavy atom. The summed E-state index contributed by atoms with van der Waals surface area (Å²) in [5, 5.41) is 4.76. The quantitative estimate of drug-likeness (QED) is 0.163. The maximum absolute atomic E-state index is 12.3. The molecule has 0 bridgehead atoms. The number of nitrogens with zero attached hydrogens (tertiary/aromatic N) is 1. The van der Waals surface area contributed by atoms with Crippen molar-refractivity contribution in [1.29, 1.82) is 0 Å². The molecule has 1 amide bonds. The van der Waals surface area contributed by atoms with Crippen molar-refractivity contribution in [3.05, 3.63) is 60.2 Å². The Hall–Kier alpha value is -1.92. The molecule has 1 aromatic heterocycles. The topological polar surface area (TPSA) is 90.1 Å². The van der Waals surface area contributed by atoms with Gasteiger partial charge in [-0.2, -0.15) is 5.10 Å². The minimum Gasteiger partial charge on any atom is -0.481 e. The first-order valence-electron chi connectivity index (χ1n) is 8.67. The third-order valence-electron chi connectivity index (χ3n) is 3.75. The number of halogens is 3. The van der Waals surface area contributed by atoms with E-state index in [4.69, 9.17) is 13.9 Å². The number of fused-ring (bicyclic) bond motifs is 1. The predicted molar refractivity (Wildman–Crippen MR) is 128 cm³/mol. The van der Waals surface area contributed by atoms with E-state index in [1.807, 2.05) is 18.2 Å². The fourth-order valence-electron chi connectivity index (χ4n) is 2.46. The fourth-order valence-corrected chi connectivity index (χ4v) is 4.50. The van der Waals surface area contributed by atoms with Gasteiger partial charge < -0.3 is 13.9 Å². The van der Waals surface area contributed by atoms with Gasteiger partial charge in [-0.1, -0.05) is 15.9 Å². The van der Waals surface area contributed by atoms with Gasteiger partial charge in [-0.15, -0.1) is 0 Å². The lowest BCUT2D eigenvalue weighted by molar-refractivity contribution is -0.145. The van der Waals surface area contributed by atoms with Gasteiger partial charge >= 0.3 is 11.9 Å². The summed E-state index contributed by atoms with van der Waals surface area (Å²) in [6.45, 7) is 1.89. The highest BCUT2D eigenvalue weighted by molar-refractivity contribution is 14.1. The molecular weight excluding hydrogens is 635 g/mol. The van der Waals surface area contributed by atoms with E-state index in [2.05, 4.69) is 65.0 Å². The van der Waals surface area contributed by atoms with Crippen molar-refractivity contribution in [2.24, 2.45) is 5.10 Å². The van der Waals surface area contributed by atoms with Crippen LogP contribution in [-0.4, -0.2) is 31.3 Å². The van der Waals surface area contributed by atoms with Crippen LogP contribution in [-0.2, 0) is 9.53 Å². The monoisotopic (exact) mass is 648 g/mol. The maximum Gasteiger partial charge on any atom is 0.344 e. The highest BCUT2D eigenvalue weighted by Crippen LogP contribution is 2.31. The molecule has 30 heavy (non-hydrogen) atoms. The number of nitrogens with one attached hydrogen (secondary N) is 1. The second kappa shape index (κ2) is 10.4. The minimum atomic E-state index is -0.463. The summed E-state index contributed by atoms with van der Waals surface area (Å²) in [6.07, 6.45) is 1.50. The van der Waals surface area contributed by atoms with Gasteiger partial charge in [-0.25, -0.2) is 10.2 Å². The lowest BCUT2D eigenvalue weighted by atomic mass is 10.2. The summed E-state index contributed by atoms with van der Waals surface area (Å²) in [4.78, 5) is 23.7. The number of ether oxygens (including phenoxy) is 2. The predicted octanol–water partition coefficient (Wildman–Crippen LogP) is 5.27. The summed E-state index contributed by atoms with van der Waals surface area (Å²) < 4.78 is 18.3. The summed E-state index contributed by atoms with van der Waals surface area (Å²) in [5.41, 5.74) is 3.78. The van der Waals surface area contributed by atoms with Crippen LogP contribution in [0.5, 0.6) is 5.75 Å². The van der Waals surface area contributed by atoms with Crippen molar-refractivity contribution in [3.8, 4) is 5.75 Å². The molecule has 3 aromatic rings. The molecule has 0 saturated heterocycles. The zero-order valence-corrected chi connectivity index (χ0v) is 20.9. The second-order valence-corrected chi connectivity index (χ2v) is 8.83. The van der Waals surface area contributed by atoms with Crippen molar-refractivity contribution >= 4 is 83.5 Å². The average molecular weight is 650 g/mol. The molecule has 0 aliphatic carbocycles. The molecule has 3 rings (SSSR count). The Bertz CT molecular complexity index is 1130. The standard InChI is InChI=1S/C20H15Br2IN2O5/c1-2-28-18(26)10-29-16-4-3-11(5-15(16)23)9-24-25-20(27)17-7-12-6-13(21)8-14(22)19(12)30-17/h3-9H,2,10H2,1H3,(H,25,27)/b24-9-. The second-order valence-electron chi connectivity index (χ2n) is 5.90. The normalized spacial score (nSPS) is 11.1. The van der Waals surface area contributed by atoms with E-state index in [0.29, 0.717) is 17.9 Å². The van der Waals surface area contributed by atoms with Gasteiger partial charge in [0.15, 0.2) is 12.4 Å².